The van der Waals surface area contributed by atoms with Crippen molar-refractivity contribution in [3.05, 3.63) is 48.6 Å². The highest BCUT2D eigenvalue weighted by atomic mass is 16.7. The van der Waals surface area contributed by atoms with Gasteiger partial charge in [0.05, 0.1) is 32.0 Å². The van der Waals surface area contributed by atoms with Crippen LogP contribution in [0.4, 0.5) is 0 Å². The molecular weight excluding hydrogens is 1000 g/mol. The van der Waals surface area contributed by atoms with E-state index in [1.165, 1.54) is 186 Å². The molecule has 0 bridgehead atoms. The van der Waals surface area contributed by atoms with Crippen LogP contribution in [0.5, 0.6) is 0 Å². The highest BCUT2D eigenvalue weighted by Gasteiger charge is 2.51. The molecule has 1 amide bonds. The molecule has 14 nitrogen and oxygen atoms in total. The highest BCUT2D eigenvalue weighted by Crippen LogP contribution is 2.30. The monoisotopic (exact) mass is 1120 g/mol. The summed E-state index contributed by atoms with van der Waals surface area (Å²) in [5.41, 5.74) is 0. The summed E-state index contributed by atoms with van der Waals surface area (Å²) in [7, 11) is 0. The predicted molar refractivity (Wildman–Crippen MR) is 318 cm³/mol. The minimum Gasteiger partial charge on any atom is -0.394 e. The highest BCUT2D eigenvalue weighted by molar-refractivity contribution is 5.76. The Kier molecular flexibility index (Phi) is 46.7. The second-order valence-corrected chi connectivity index (χ2v) is 22.9. The maximum atomic E-state index is 13.3. The largest absolute Gasteiger partial charge is 0.394 e. The zero-order valence-electron chi connectivity index (χ0n) is 49.9. The van der Waals surface area contributed by atoms with E-state index in [1.54, 1.807) is 6.08 Å². The second kappa shape index (κ2) is 50.5. The molecule has 2 heterocycles. The molecule has 462 valence electrons. The standard InChI is InChI=1S/C65H119NO13/c1-3-5-7-9-11-13-15-17-19-21-23-24-25-26-27-28-29-30-31-33-35-37-39-41-43-45-47-49-57(70)66-53(54(69)48-46-44-42-40-38-36-34-32-22-20-18-16-14-12-10-8-6-4-2)52-76-64-62(75)60(73)63(56(51-68)78-64)79-65-61(74)59(72)58(71)55(50-67)77-65/h15,17,21,23,25-26,46,48,53-56,58-65,67-69,71-75H,3-14,16,18-20,22,24,27-45,47,49-52H2,1-2H3,(H,66,70)/b17-15-,23-21-,26-25-,48-46+. The van der Waals surface area contributed by atoms with E-state index in [0.717, 1.165) is 51.4 Å². The number of rotatable bonds is 52. The van der Waals surface area contributed by atoms with E-state index in [0.29, 0.717) is 6.42 Å². The van der Waals surface area contributed by atoms with Crippen LogP contribution in [-0.4, -0.2) is 140 Å². The number of ether oxygens (including phenoxy) is 4. The van der Waals surface area contributed by atoms with Crippen molar-refractivity contribution in [2.24, 2.45) is 0 Å². The number of hydrogen-bond acceptors (Lipinski definition) is 13. The summed E-state index contributed by atoms with van der Waals surface area (Å²) in [6.07, 6.45) is 47.2. The number of carbonyl (C=O) groups excluding carboxylic acids is 1. The molecule has 9 N–H and O–H groups in total. The topological polar surface area (TPSA) is 228 Å². The van der Waals surface area contributed by atoms with Crippen molar-refractivity contribution in [3.8, 4) is 0 Å². The van der Waals surface area contributed by atoms with Crippen molar-refractivity contribution < 1.29 is 64.6 Å². The summed E-state index contributed by atoms with van der Waals surface area (Å²) in [6, 6.07) is -0.917. The Labute approximate surface area is 480 Å². The first-order valence-electron chi connectivity index (χ1n) is 32.4. The molecule has 12 atom stereocenters. The van der Waals surface area contributed by atoms with Crippen LogP contribution in [0.25, 0.3) is 0 Å². The first-order chi connectivity index (χ1) is 38.6. The van der Waals surface area contributed by atoms with Crippen LogP contribution < -0.4 is 5.32 Å². The van der Waals surface area contributed by atoms with Gasteiger partial charge in [0.15, 0.2) is 12.6 Å². The van der Waals surface area contributed by atoms with E-state index in [-0.39, 0.29) is 18.9 Å². The van der Waals surface area contributed by atoms with Gasteiger partial charge in [0, 0.05) is 6.42 Å². The van der Waals surface area contributed by atoms with Gasteiger partial charge in [0.2, 0.25) is 5.91 Å². The SMILES string of the molecule is CCCCCCC/C=C\C/C=C\C/C=C\CCCCCCCCCCCCCCC(=O)NC(COC1OC(CO)C(OC2OC(CO)C(O)C(O)C2O)C(O)C1O)C(O)/C=C/CCCCCCCCCCCCCCCCCC. The van der Waals surface area contributed by atoms with E-state index in [1.807, 2.05) is 6.08 Å². The number of hydrogen-bond donors (Lipinski definition) is 9. The number of aliphatic hydroxyl groups is 8. The van der Waals surface area contributed by atoms with Gasteiger partial charge in [-0.1, -0.05) is 249 Å². The zero-order chi connectivity index (χ0) is 57.4. The molecule has 0 saturated carbocycles. The summed E-state index contributed by atoms with van der Waals surface area (Å²) in [4.78, 5) is 13.3. The molecular formula is C65H119NO13. The van der Waals surface area contributed by atoms with Crippen LogP contribution in [0.3, 0.4) is 0 Å². The third-order valence-electron chi connectivity index (χ3n) is 15.8. The third-order valence-corrected chi connectivity index (χ3v) is 15.8. The second-order valence-electron chi connectivity index (χ2n) is 22.9. The van der Waals surface area contributed by atoms with Gasteiger partial charge < -0.3 is 65.1 Å². The fraction of sp³-hybridized carbons (Fsp3) is 0.862. The van der Waals surface area contributed by atoms with E-state index in [4.69, 9.17) is 18.9 Å². The van der Waals surface area contributed by atoms with Crippen molar-refractivity contribution in [2.45, 2.75) is 338 Å². The van der Waals surface area contributed by atoms with Crippen molar-refractivity contribution in [1.82, 2.24) is 5.32 Å². The average Bonchev–Trinajstić information content (AvgIpc) is 3.46. The molecule has 2 rings (SSSR count). The Bertz CT molecular complexity index is 1510. The van der Waals surface area contributed by atoms with Crippen LogP contribution in [0.15, 0.2) is 48.6 Å². The molecule has 12 unspecified atom stereocenters. The lowest BCUT2D eigenvalue weighted by Gasteiger charge is -2.46. The van der Waals surface area contributed by atoms with Crippen molar-refractivity contribution in [3.63, 3.8) is 0 Å². The average molecular weight is 1120 g/mol. The molecule has 0 aromatic rings. The van der Waals surface area contributed by atoms with Gasteiger partial charge in [-0.25, -0.2) is 0 Å². The fourth-order valence-corrected chi connectivity index (χ4v) is 10.5. The van der Waals surface area contributed by atoms with E-state index < -0.39 is 86.8 Å². The summed E-state index contributed by atoms with van der Waals surface area (Å²) in [6.45, 7) is 2.81. The molecule has 14 heteroatoms. The normalized spacial score (nSPS) is 24.7. The number of nitrogens with one attached hydrogen (secondary N) is 1. The van der Waals surface area contributed by atoms with Gasteiger partial charge in [-0.3, -0.25) is 4.79 Å². The quantitative estimate of drug-likeness (QED) is 0.0204. The van der Waals surface area contributed by atoms with Crippen LogP contribution in [-0.2, 0) is 23.7 Å². The summed E-state index contributed by atoms with van der Waals surface area (Å²) >= 11 is 0. The predicted octanol–water partition coefficient (Wildman–Crippen LogP) is 12.0. The third kappa shape index (κ3) is 35.6. The summed E-state index contributed by atoms with van der Waals surface area (Å²) < 4.78 is 22.8. The molecule has 79 heavy (non-hydrogen) atoms. The first kappa shape index (κ1) is 73.1. The van der Waals surface area contributed by atoms with Crippen LogP contribution in [0.1, 0.15) is 264 Å². The van der Waals surface area contributed by atoms with E-state index in [2.05, 4.69) is 55.6 Å². The summed E-state index contributed by atoms with van der Waals surface area (Å²) in [5.74, 6) is -0.240. The van der Waals surface area contributed by atoms with Crippen LogP contribution in [0, 0.1) is 0 Å². The molecule has 0 spiro atoms. The summed E-state index contributed by atoms with van der Waals surface area (Å²) in [5, 5.41) is 87.2. The lowest BCUT2D eigenvalue weighted by molar-refractivity contribution is -0.359. The number of aliphatic hydroxyl groups excluding tert-OH is 8. The molecule has 0 aromatic carbocycles. The van der Waals surface area contributed by atoms with Crippen molar-refractivity contribution in [1.29, 1.82) is 0 Å². The van der Waals surface area contributed by atoms with Gasteiger partial charge in [-0.15, -0.1) is 0 Å². The Balaban J connectivity index is 1.71. The lowest BCUT2D eigenvalue weighted by atomic mass is 9.97. The van der Waals surface area contributed by atoms with E-state index >= 15 is 0 Å². The van der Waals surface area contributed by atoms with Gasteiger partial charge in [0.25, 0.3) is 0 Å². The van der Waals surface area contributed by atoms with Gasteiger partial charge in [-0.05, 0) is 57.8 Å². The first-order valence-corrected chi connectivity index (χ1v) is 32.4. The molecule has 2 aliphatic heterocycles. The Morgan fingerprint density at radius 3 is 1.28 bits per heavy atom. The van der Waals surface area contributed by atoms with Crippen molar-refractivity contribution >= 4 is 5.91 Å². The Morgan fingerprint density at radius 2 is 0.835 bits per heavy atom. The Morgan fingerprint density at radius 1 is 0.456 bits per heavy atom. The molecule has 0 aromatic heterocycles. The van der Waals surface area contributed by atoms with Gasteiger partial charge in [0.1, 0.15) is 48.8 Å². The van der Waals surface area contributed by atoms with E-state index in [9.17, 15) is 45.6 Å². The molecule has 2 fully saturated rings. The maximum Gasteiger partial charge on any atom is 0.220 e. The van der Waals surface area contributed by atoms with Gasteiger partial charge >= 0.3 is 0 Å². The number of unbranched alkanes of at least 4 members (excludes halogenated alkanes) is 33. The number of carbonyl (C=O) groups is 1. The molecule has 2 saturated heterocycles. The van der Waals surface area contributed by atoms with Gasteiger partial charge in [-0.2, -0.15) is 0 Å². The lowest BCUT2D eigenvalue weighted by Crippen LogP contribution is -2.65. The van der Waals surface area contributed by atoms with Crippen LogP contribution in [0.2, 0.25) is 0 Å². The smallest absolute Gasteiger partial charge is 0.220 e. The molecule has 2 aliphatic rings. The molecule has 0 radical (unpaired) electrons. The molecule has 0 aliphatic carbocycles. The Hall–Kier alpha value is -2.05. The minimum absolute atomic E-state index is 0.240. The van der Waals surface area contributed by atoms with Crippen LogP contribution >= 0.6 is 0 Å². The van der Waals surface area contributed by atoms with Crippen molar-refractivity contribution in [2.75, 3.05) is 19.8 Å². The number of allylic oxidation sites excluding steroid dienone is 7. The minimum atomic E-state index is -1.79. The number of amides is 1. The maximum absolute atomic E-state index is 13.3. The zero-order valence-corrected chi connectivity index (χ0v) is 49.9. The fourth-order valence-electron chi connectivity index (χ4n) is 10.5.